The summed E-state index contributed by atoms with van der Waals surface area (Å²) in [6, 6.07) is 6.76. The number of hydrogen-bond acceptors (Lipinski definition) is 5. The van der Waals surface area contributed by atoms with Crippen molar-refractivity contribution in [1.29, 1.82) is 0 Å². The van der Waals surface area contributed by atoms with Gasteiger partial charge in [-0.3, -0.25) is 4.40 Å². The minimum absolute atomic E-state index is 0.290. The third-order valence-corrected chi connectivity index (χ3v) is 5.72. The van der Waals surface area contributed by atoms with E-state index in [1.54, 1.807) is 12.3 Å². The molecule has 0 fully saturated rings. The lowest BCUT2D eigenvalue weighted by atomic mass is 9.70. The van der Waals surface area contributed by atoms with Crippen LogP contribution in [0.15, 0.2) is 35.1 Å². The van der Waals surface area contributed by atoms with Gasteiger partial charge in [0, 0.05) is 29.4 Å². The summed E-state index contributed by atoms with van der Waals surface area (Å²) < 4.78 is 16.9. The van der Waals surface area contributed by atoms with Crippen LogP contribution in [0.2, 0.25) is 6.32 Å². The van der Waals surface area contributed by atoms with E-state index in [9.17, 15) is 4.39 Å². The summed E-state index contributed by atoms with van der Waals surface area (Å²) in [5.41, 5.74) is 3.05. The van der Waals surface area contributed by atoms with E-state index in [0.717, 1.165) is 59.0 Å². The first-order valence-corrected chi connectivity index (χ1v) is 9.65. The predicted molar refractivity (Wildman–Crippen MR) is 108 cm³/mol. The van der Waals surface area contributed by atoms with Crippen molar-refractivity contribution in [3.63, 3.8) is 0 Å². The molecule has 4 heterocycles. The molecule has 1 aromatic carbocycles. The van der Waals surface area contributed by atoms with Gasteiger partial charge in [0.2, 0.25) is 0 Å². The fraction of sp³-hybridized carbons (Fsp3) is 0.222. The zero-order valence-corrected chi connectivity index (χ0v) is 16.2. The zero-order valence-electron chi connectivity index (χ0n) is 14.7. The number of aromatic nitrogens is 5. The summed E-state index contributed by atoms with van der Waals surface area (Å²) in [7, 11) is 1.06. The number of aryl methyl sites for hydroxylation is 1. The van der Waals surface area contributed by atoms with Gasteiger partial charge in [-0.2, -0.15) is 4.98 Å². The van der Waals surface area contributed by atoms with E-state index < -0.39 is 0 Å². The summed E-state index contributed by atoms with van der Waals surface area (Å²) in [5, 5.41) is 9.10. The third kappa shape index (κ3) is 2.60. The molecule has 1 aliphatic rings. The molecular formula is C18H15BBrFN6. The average Bonchev–Trinajstić information content (AvgIpc) is 2.89. The van der Waals surface area contributed by atoms with Gasteiger partial charge in [-0.1, -0.05) is 6.32 Å². The molecule has 6 nitrogen and oxygen atoms in total. The highest BCUT2D eigenvalue weighted by molar-refractivity contribution is 9.10. The first kappa shape index (κ1) is 16.6. The molecule has 134 valence electrons. The van der Waals surface area contributed by atoms with Crippen LogP contribution < -0.4 is 4.90 Å². The number of anilines is 2. The van der Waals surface area contributed by atoms with Crippen LogP contribution in [-0.2, 0) is 6.32 Å². The van der Waals surface area contributed by atoms with Crippen molar-refractivity contribution < 1.29 is 4.39 Å². The Morgan fingerprint density at radius 1 is 1.22 bits per heavy atom. The summed E-state index contributed by atoms with van der Waals surface area (Å²) in [5.74, 6) is 1.65. The van der Waals surface area contributed by atoms with Gasteiger partial charge in [-0.25, -0.2) is 9.37 Å². The average molecular weight is 425 g/mol. The molecule has 27 heavy (non-hydrogen) atoms. The van der Waals surface area contributed by atoms with Crippen molar-refractivity contribution >= 4 is 51.4 Å². The van der Waals surface area contributed by atoms with E-state index >= 15 is 0 Å². The van der Waals surface area contributed by atoms with E-state index in [4.69, 9.17) is 4.98 Å². The number of benzene rings is 1. The van der Waals surface area contributed by atoms with Gasteiger partial charge < -0.3 is 4.90 Å². The van der Waals surface area contributed by atoms with Crippen LogP contribution in [0.25, 0.3) is 16.7 Å². The molecule has 0 aliphatic carbocycles. The van der Waals surface area contributed by atoms with Crippen LogP contribution in [0, 0.1) is 12.7 Å². The molecule has 0 bridgehead atoms. The first-order chi connectivity index (χ1) is 13.1. The standard InChI is InChI=1S/C18H15BBrFN6/c1-10-24-25-18-23-17(12-8-11(21)2-3-15(12)27(10)18)26-7-5-19-9-13-14(26)4-6-22-16(13)20/h2-4,6,8,19H,5,7,9H2,1H3. The summed E-state index contributed by atoms with van der Waals surface area (Å²) >= 11 is 3.58. The van der Waals surface area contributed by atoms with Crippen molar-refractivity contribution in [2.24, 2.45) is 0 Å². The summed E-state index contributed by atoms with van der Waals surface area (Å²) in [6.45, 7) is 2.67. The van der Waals surface area contributed by atoms with E-state index in [-0.39, 0.29) is 5.82 Å². The van der Waals surface area contributed by atoms with Crippen LogP contribution in [-0.4, -0.2) is 38.4 Å². The van der Waals surface area contributed by atoms with Crippen LogP contribution in [0.1, 0.15) is 11.4 Å². The second kappa shape index (κ2) is 6.26. The zero-order chi connectivity index (χ0) is 18.5. The van der Waals surface area contributed by atoms with Gasteiger partial charge in [0.25, 0.3) is 5.78 Å². The van der Waals surface area contributed by atoms with Crippen LogP contribution in [0.4, 0.5) is 15.9 Å². The smallest absolute Gasteiger partial charge is 0.257 e. The number of fused-ring (bicyclic) bond motifs is 4. The number of nitrogens with zero attached hydrogens (tertiary/aromatic N) is 6. The highest BCUT2D eigenvalue weighted by Gasteiger charge is 2.24. The maximum atomic E-state index is 14.1. The SMILES string of the molecule is Cc1nnc2nc(N3CCBCc4c3ccnc4Br)c3cc(F)ccc3n12. The van der Waals surface area contributed by atoms with Crippen molar-refractivity contribution in [3.05, 3.63) is 52.3 Å². The highest BCUT2D eigenvalue weighted by atomic mass is 79.9. The second-order valence-electron chi connectivity index (χ2n) is 6.69. The first-order valence-electron chi connectivity index (χ1n) is 8.85. The fourth-order valence-electron chi connectivity index (χ4n) is 3.80. The minimum Gasteiger partial charge on any atom is -0.326 e. The van der Waals surface area contributed by atoms with E-state index in [2.05, 4.69) is 36.0 Å². The highest BCUT2D eigenvalue weighted by Crippen LogP contribution is 2.37. The summed E-state index contributed by atoms with van der Waals surface area (Å²) in [4.78, 5) is 11.3. The Morgan fingerprint density at radius 2 is 2.11 bits per heavy atom. The fourth-order valence-corrected chi connectivity index (χ4v) is 4.32. The van der Waals surface area contributed by atoms with Gasteiger partial charge in [0.15, 0.2) is 0 Å². The maximum absolute atomic E-state index is 14.1. The Bertz CT molecular complexity index is 1190. The van der Waals surface area contributed by atoms with Crippen molar-refractivity contribution in [1.82, 2.24) is 24.6 Å². The molecule has 0 saturated heterocycles. The normalized spacial score (nSPS) is 14.3. The second-order valence-corrected chi connectivity index (χ2v) is 7.44. The Kier molecular flexibility index (Phi) is 3.85. The minimum atomic E-state index is -0.290. The van der Waals surface area contributed by atoms with Crippen LogP contribution >= 0.6 is 15.9 Å². The van der Waals surface area contributed by atoms with Gasteiger partial charge >= 0.3 is 0 Å². The van der Waals surface area contributed by atoms with E-state index in [0.29, 0.717) is 11.6 Å². The molecule has 0 radical (unpaired) electrons. The molecule has 5 rings (SSSR count). The molecule has 0 unspecified atom stereocenters. The van der Waals surface area contributed by atoms with Gasteiger partial charge in [-0.05, 0) is 53.4 Å². The Hall–Kier alpha value is -2.55. The van der Waals surface area contributed by atoms with Crippen LogP contribution in [0.5, 0.6) is 0 Å². The lowest BCUT2D eigenvalue weighted by molar-refractivity contribution is 0.629. The predicted octanol–water partition coefficient (Wildman–Crippen LogP) is 3.39. The van der Waals surface area contributed by atoms with Crippen LogP contribution in [0.3, 0.4) is 0 Å². The number of rotatable bonds is 1. The topological polar surface area (TPSA) is 59.2 Å². The summed E-state index contributed by atoms with van der Waals surface area (Å²) in [6.07, 6.45) is 3.74. The lowest BCUT2D eigenvalue weighted by Gasteiger charge is -2.26. The number of hydrogen-bond donors (Lipinski definition) is 0. The Labute approximate surface area is 163 Å². The van der Waals surface area contributed by atoms with Gasteiger partial charge in [0.05, 0.1) is 5.52 Å². The molecule has 0 atom stereocenters. The molecule has 9 heteroatoms. The monoisotopic (exact) mass is 424 g/mol. The largest absolute Gasteiger partial charge is 0.326 e. The molecule has 3 aromatic heterocycles. The lowest BCUT2D eigenvalue weighted by Crippen LogP contribution is -2.20. The maximum Gasteiger partial charge on any atom is 0.257 e. The number of pyridine rings is 1. The molecular weight excluding hydrogens is 410 g/mol. The van der Waals surface area contributed by atoms with Crippen molar-refractivity contribution in [2.75, 3.05) is 11.4 Å². The Morgan fingerprint density at radius 3 is 3.00 bits per heavy atom. The van der Waals surface area contributed by atoms with Gasteiger partial charge in [0.1, 0.15) is 29.3 Å². The molecule has 0 amide bonds. The van der Waals surface area contributed by atoms with Gasteiger partial charge in [-0.15, -0.1) is 10.2 Å². The number of halogens is 2. The molecule has 0 saturated carbocycles. The van der Waals surface area contributed by atoms with E-state index in [1.807, 2.05) is 17.4 Å². The molecule has 1 aliphatic heterocycles. The molecule has 0 spiro atoms. The van der Waals surface area contributed by atoms with E-state index in [1.165, 1.54) is 12.1 Å². The third-order valence-electron chi connectivity index (χ3n) is 5.04. The Balaban J connectivity index is 1.85. The van der Waals surface area contributed by atoms with Crippen molar-refractivity contribution in [3.8, 4) is 0 Å². The molecule has 4 aromatic rings. The van der Waals surface area contributed by atoms with Crippen molar-refractivity contribution in [2.45, 2.75) is 19.6 Å². The quantitative estimate of drug-likeness (QED) is 0.346. The molecule has 0 N–H and O–H groups in total.